The molecule has 1 aromatic carbocycles. The van der Waals surface area contributed by atoms with E-state index in [0.29, 0.717) is 35.6 Å². The van der Waals surface area contributed by atoms with Gasteiger partial charge in [0, 0.05) is 36.2 Å². The van der Waals surface area contributed by atoms with Gasteiger partial charge < -0.3 is 17.6 Å². The summed E-state index contributed by atoms with van der Waals surface area (Å²) in [6.45, 7) is 7.66. The highest BCUT2D eigenvalue weighted by molar-refractivity contribution is 6.58. The van der Waals surface area contributed by atoms with E-state index in [1.807, 2.05) is 59.7 Å². The van der Waals surface area contributed by atoms with Crippen LogP contribution in [-0.2, 0) is 6.42 Å². The molecule has 2 aliphatic heterocycles. The van der Waals surface area contributed by atoms with Crippen molar-refractivity contribution in [2.75, 3.05) is 0 Å². The van der Waals surface area contributed by atoms with E-state index in [1.54, 1.807) is 12.4 Å². The van der Waals surface area contributed by atoms with Gasteiger partial charge in [-0.3, -0.25) is 9.97 Å². The van der Waals surface area contributed by atoms with Gasteiger partial charge >= 0.3 is 6.97 Å². The predicted molar refractivity (Wildman–Crippen MR) is 126 cm³/mol. The van der Waals surface area contributed by atoms with Gasteiger partial charge in [-0.1, -0.05) is 19.9 Å². The number of allylic oxidation sites excluding steroid dienone is 2. The van der Waals surface area contributed by atoms with Crippen LogP contribution in [0.25, 0.3) is 16.6 Å². The lowest BCUT2D eigenvalue weighted by molar-refractivity contribution is -0.363. The van der Waals surface area contributed by atoms with E-state index < -0.39 is 6.97 Å². The fraction of sp³-hybridized carbons (Fsp3) is 0.320. The molecule has 0 bridgehead atoms. The highest BCUT2D eigenvalue weighted by atomic mass is 19.2. The average molecular weight is 432 g/mol. The Morgan fingerprint density at radius 2 is 1.66 bits per heavy atom. The number of hydrogen-bond donors (Lipinski definition) is 0. The van der Waals surface area contributed by atoms with Crippen molar-refractivity contribution >= 4 is 29.3 Å². The summed E-state index contributed by atoms with van der Waals surface area (Å²) in [5.74, 6) is 0. The van der Waals surface area contributed by atoms with E-state index in [4.69, 9.17) is 0 Å². The monoisotopic (exact) mass is 432 g/mol. The van der Waals surface area contributed by atoms with Crippen LogP contribution >= 0.6 is 0 Å². The molecule has 2 aromatic heterocycles. The molecule has 0 spiro atoms. The fourth-order valence-electron chi connectivity index (χ4n) is 5.87. The standard InChI is InChI=1S/C25H27BF2N4/c1-7-19-14(3)24-23(18-9-10-21-22(13-18)30-12-11-29-21)25-15(4)20(8-2)17(6)32(25)26(27,28)31(24)16(19)5/h9-13H,7-8H2,1-6H3. The lowest BCUT2D eigenvalue weighted by atomic mass is 9.83. The van der Waals surface area contributed by atoms with Crippen molar-refractivity contribution in [2.24, 2.45) is 0 Å². The maximum atomic E-state index is 16.3. The highest BCUT2D eigenvalue weighted by Gasteiger charge is 2.56. The molecule has 2 aliphatic rings. The lowest BCUT2D eigenvalue weighted by Crippen LogP contribution is -2.51. The molecule has 164 valence electrons. The molecule has 0 radical (unpaired) electrons. The van der Waals surface area contributed by atoms with Gasteiger partial charge in [0.15, 0.2) is 5.70 Å². The normalized spacial score (nSPS) is 17.5. The zero-order valence-electron chi connectivity index (χ0n) is 19.4. The Kier molecular flexibility index (Phi) is 4.52. The molecule has 0 unspecified atom stereocenters. The number of nitrogens with zero attached hydrogens (tertiary/aromatic N) is 4. The maximum Gasteiger partial charge on any atom is 0.737 e. The first-order chi connectivity index (χ1) is 15.2. The third-order valence-corrected chi connectivity index (χ3v) is 7.25. The minimum Gasteiger partial charge on any atom is -0.393 e. The van der Waals surface area contributed by atoms with Gasteiger partial charge in [0.2, 0.25) is 0 Å². The Morgan fingerprint density at radius 1 is 0.969 bits per heavy atom. The van der Waals surface area contributed by atoms with Crippen molar-refractivity contribution in [3.63, 3.8) is 0 Å². The minimum atomic E-state index is -4.01. The van der Waals surface area contributed by atoms with Gasteiger partial charge in [0.05, 0.1) is 16.6 Å². The van der Waals surface area contributed by atoms with Gasteiger partial charge in [-0.05, 0) is 68.1 Å². The van der Waals surface area contributed by atoms with Gasteiger partial charge in [0.1, 0.15) is 5.71 Å². The molecule has 0 saturated heterocycles. The summed E-state index contributed by atoms with van der Waals surface area (Å²) in [7, 11) is 0. The number of benzene rings is 1. The summed E-state index contributed by atoms with van der Waals surface area (Å²) < 4.78 is 35.1. The van der Waals surface area contributed by atoms with Crippen molar-refractivity contribution in [2.45, 2.75) is 54.4 Å². The summed E-state index contributed by atoms with van der Waals surface area (Å²) >= 11 is 0. The SMILES string of the molecule is CCC1=C(C)C2=C(c3ccc4nccnc4c3)c3c(C)c(CC)c(C)n3[B-](F)(F)[N+]2=C1C. The predicted octanol–water partition coefficient (Wildman–Crippen LogP) is 5.82. The van der Waals surface area contributed by atoms with E-state index >= 15 is 8.63 Å². The Bertz CT molecular complexity index is 1410. The maximum absolute atomic E-state index is 16.3. The van der Waals surface area contributed by atoms with E-state index in [1.165, 1.54) is 8.96 Å². The van der Waals surface area contributed by atoms with Crippen molar-refractivity contribution in [1.29, 1.82) is 0 Å². The molecule has 0 N–H and O–H groups in total. The van der Waals surface area contributed by atoms with Crippen LogP contribution in [0.15, 0.2) is 47.4 Å². The molecule has 4 nitrogen and oxygen atoms in total. The highest BCUT2D eigenvalue weighted by Crippen LogP contribution is 2.47. The number of fused-ring (bicyclic) bond motifs is 3. The molecule has 7 heteroatoms. The molecule has 5 rings (SSSR count). The summed E-state index contributed by atoms with van der Waals surface area (Å²) in [6.07, 6.45) is 4.76. The van der Waals surface area contributed by atoms with Gasteiger partial charge in [-0.25, -0.2) is 0 Å². The largest absolute Gasteiger partial charge is 0.737 e. The number of rotatable bonds is 3. The average Bonchev–Trinajstić information content (AvgIpc) is 3.18. The molecule has 0 aliphatic carbocycles. The van der Waals surface area contributed by atoms with Crippen molar-refractivity contribution < 1.29 is 13.1 Å². The van der Waals surface area contributed by atoms with Crippen LogP contribution < -0.4 is 0 Å². The van der Waals surface area contributed by atoms with E-state index in [2.05, 4.69) is 9.97 Å². The van der Waals surface area contributed by atoms with Crippen LogP contribution in [0, 0.1) is 13.8 Å². The van der Waals surface area contributed by atoms with Crippen LogP contribution in [0.5, 0.6) is 0 Å². The number of halogens is 2. The zero-order chi connectivity index (χ0) is 22.9. The first kappa shape index (κ1) is 20.8. The van der Waals surface area contributed by atoms with Gasteiger partial charge in [0.25, 0.3) is 0 Å². The Hall–Kier alpha value is -3.09. The Morgan fingerprint density at radius 3 is 2.31 bits per heavy atom. The summed E-state index contributed by atoms with van der Waals surface area (Å²) in [4.78, 5) is 8.84. The van der Waals surface area contributed by atoms with E-state index in [-0.39, 0.29) is 0 Å². The van der Waals surface area contributed by atoms with E-state index in [0.717, 1.165) is 44.4 Å². The van der Waals surface area contributed by atoms with Crippen molar-refractivity contribution in [3.05, 3.63) is 75.5 Å². The van der Waals surface area contributed by atoms with Crippen LogP contribution in [0.4, 0.5) is 8.63 Å². The molecule has 4 heterocycles. The smallest absolute Gasteiger partial charge is 0.393 e. The molecule has 0 amide bonds. The second kappa shape index (κ2) is 6.96. The van der Waals surface area contributed by atoms with Crippen molar-refractivity contribution in [1.82, 2.24) is 14.4 Å². The summed E-state index contributed by atoms with van der Waals surface area (Å²) in [5, 5.41) is 0. The first-order valence-corrected chi connectivity index (χ1v) is 11.3. The third kappa shape index (κ3) is 2.51. The summed E-state index contributed by atoms with van der Waals surface area (Å²) in [5.41, 5.74) is 9.70. The minimum absolute atomic E-state index is 0.628. The molecule has 0 fully saturated rings. The molecule has 3 aromatic rings. The first-order valence-electron chi connectivity index (χ1n) is 11.3. The van der Waals surface area contributed by atoms with Crippen molar-refractivity contribution in [3.8, 4) is 0 Å². The molecule has 32 heavy (non-hydrogen) atoms. The topological polar surface area (TPSA) is 33.7 Å². The second-order valence-electron chi connectivity index (χ2n) is 8.75. The van der Waals surface area contributed by atoms with Crippen LogP contribution in [0.1, 0.15) is 62.2 Å². The van der Waals surface area contributed by atoms with Crippen LogP contribution in [0.2, 0.25) is 0 Å². The van der Waals surface area contributed by atoms with E-state index in [9.17, 15) is 0 Å². The van der Waals surface area contributed by atoms with Crippen LogP contribution in [0.3, 0.4) is 0 Å². The Labute approximate surface area is 187 Å². The Balaban J connectivity index is 1.97. The summed E-state index contributed by atoms with van der Waals surface area (Å²) in [6, 6.07) is 5.89. The fourth-order valence-corrected chi connectivity index (χ4v) is 5.87. The van der Waals surface area contributed by atoms with Gasteiger partial charge in [-0.2, -0.15) is 0 Å². The second-order valence-corrected chi connectivity index (χ2v) is 8.75. The quantitative estimate of drug-likeness (QED) is 0.489. The molecular formula is C25H27BF2N4. The molecule has 0 saturated carbocycles. The lowest BCUT2D eigenvalue weighted by Gasteiger charge is -2.34. The zero-order valence-corrected chi connectivity index (χ0v) is 19.4. The molecule has 0 atom stereocenters. The molecular weight excluding hydrogens is 405 g/mol. The number of hydrogen-bond acceptors (Lipinski definition) is 2. The van der Waals surface area contributed by atoms with Crippen LogP contribution in [-0.4, -0.2) is 31.6 Å². The number of aromatic nitrogens is 3. The van der Waals surface area contributed by atoms with Gasteiger partial charge in [-0.15, -0.1) is 0 Å². The third-order valence-electron chi connectivity index (χ3n) is 7.25.